The number of hydrogen-bond donors (Lipinski definition) is 0. The van der Waals surface area contributed by atoms with E-state index < -0.39 is 0 Å². The molecule has 0 fully saturated rings. The van der Waals surface area contributed by atoms with Crippen molar-refractivity contribution in [3.05, 3.63) is 194 Å². The highest BCUT2D eigenvalue weighted by Gasteiger charge is 2.22. The monoisotopic (exact) mass is 712 g/mol. The second-order valence-electron chi connectivity index (χ2n) is 14.6. The average molecular weight is 713 g/mol. The van der Waals surface area contributed by atoms with E-state index in [1.807, 2.05) is 12.1 Å². The van der Waals surface area contributed by atoms with Crippen LogP contribution in [-0.4, -0.2) is 18.9 Å². The third-order valence-corrected chi connectivity index (χ3v) is 11.4. The summed E-state index contributed by atoms with van der Waals surface area (Å²) in [6, 6.07) is 69.5. The number of benzene rings is 8. The molecule has 12 aromatic rings. The molecule has 0 aliphatic carbocycles. The summed E-state index contributed by atoms with van der Waals surface area (Å²) < 4.78 is 4.88. The SMILES string of the molecule is c1ccc(-c2cc(-c3ccccc3)nc(-c3ccc4c(c3)c3cccc(-c5cc6c7ccccc7n7c8ccccc8c(c5)c67)c3n4-c3ccccc3)n2)cc1. The predicted molar refractivity (Wildman–Crippen MR) is 233 cm³/mol. The smallest absolute Gasteiger partial charge is 0.160 e. The predicted octanol–water partition coefficient (Wildman–Crippen LogP) is 13.4. The number of fused-ring (bicyclic) bond motifs is 9. The molecule has 4 heterocycles. The first-order chi connectivity index (χ1) is 27.8. The molecule has 4 heteroatoms. The van der Waals surface area contributed by atoms with Crippen molar-refractivity contribution in [2.75, 3.05) is 0 Å². The molecular formula is C52H32N4. The van der Waals surface area contributed by atoms with Gasteiger partial charge in [-0.1, -0.05) is 133 Å². The molecule has 0 aliphatic heterocycles. The summed E-state index contributed by atoms with van der Waals surface area (Å²) in [6.07, 6.45) is 0. The molecule has 56 heavy (non-hydrogen) atoms. The van der Waals surface area contributed by atoms with Gasteiger partial charge in [0.1, 0.15) is 0 Å². The molecule has 260 valence electrons. The van der Waals surface area contributed by atoms with Crippen LogP contribution in [0.1, 0.15) is 0 Å². The summed E-state index contributed by atoms with van der Waals surface area (Å²) in [7, 11) is 0. The Balaban J connectivity index is 1.14. The maximum Gasteiger partial charge on any atom is 0.160 e. The van der Waals surface area contributed by atoms with Gasteiger partial charge in [0.2, 0.25) is 0 Å². The Kier molecular flexibility index (Phi) is 6.60. The van der Waals surface area contributed by atoms with E-state index >= 15 is 0 Å². The summed E-state index contributed by atoms with van der Waals surface area (Å²) >= 11 is 0. The van der Waals surface area contributed by atoms with E-state index in [1.54, 1.807) is 0 Å². The standard InChI is InChI=1S/C52H32N4/c1-4-15-33(16-5-1)45-32-46(34-17-6-2-7-18-34)54-52(53-45)35-27-28-49-42(29-35)41-24-14-23-38(50(41)55(49)37-19-8-3-9-20-37)36-30-43-39-21-10-12-25-47(39)56-48-26-13-11-22-40(48)44(31-36)51(43)56/h1-32H. The summed E-state index contributed by atoms with van der Waals surface area (Å²) in [6.45, 7) is 0. The molecule has 12 rings (SSSR count). The minimum absolute atomic E-state index is 0.701. The Hall–Kier alpha value is -7.56. The molecule has 0 unspecified atom stereocenters. The first-order valence-electron chi connectivity index (χ1n) is 19.1. The highest BCUT2D eigenvalue weighted by atomic mass is 15.0. The fourth-order valence-corrected chi connectivity index (χ4v) is 8.98. The first-order valence-corrected chi connectivity index (χ1v) is 19.1. The van der Waals surface area contributed by atoms with Gasteiger partial charge in [0.05, 0.1) is 39.0 Å². The summed E-state index contributed by atoms with van der Waals surface area (Å²) in [5.41, 5.74) is 14.5. The van der Waals surface area contributed by atoms with Gasteiger partial charge in [-0.05, 0) is 66.2 Å². The van der Waals surface area contributed by atoms with Gasteiger partial charge in [0.15, 0.2) is 5.82 Å². The van der Waals surface area contributed by atoms with E-state index in [2.05, 4.69) is 191 Å². The zero-order chi connectivity index (χ0) is 36.7. The lowest BCUT2D eigenvalue weighted by Gasteiger charge is -2.12. The maximum atomic E-state index is 5.19. The molecule has 4 aromatic heterocycles. The van der Waals surface area contributed by atoms with Gasteiger partial charge in [-0.3, -0.25) is 0 Å². The lowest BCUT2D eigenvalue weighted by atomic mass is 9.97. The molecular weight excluding hydrogens is 681 g/mol. The van der Waals surface area contributed by atoms with Crippen LogP contribution >= 0.6 is 0 Å². The topological polar surface area (TPSA) is 35.1 Å². The lowest BCUT2D eigenvalue weighted by molar-refractivity contribution is 1.17. The van der Waals surface area contributed by atoms with E-state index in [0.717, 1.165) is 44.7 Å². The molecule has 0 saturated carbocycles. The number of para-hydroxylation sites is 4. The van der Waals surface area contributed by atoms with Crippen molar-refractivity contribution in [3.63, 3.8) is 0 Å². The van der Waals surface area contributed by atoms with Crippen molar-refractivity contribution in [3.8, 4) is 50.7 Å². The Bertz CT molecular complexity index is 3310. The molecule has 8 aromatic carbocycles. The van der Waals surface area contributed by atoms with E-state index in [4.69, 9.17) is 9.97 Å². The van der Waals surface area contributed by atoms with Crippen molar-refractivity contribution in [1.82, 2.24) is 18.9 Å². The van der Waals surface area contributed by atoms with Gasteiger partial charge in [-0.2, -0.15) is 0 Å². The lowest BCUT2D eigenvalue weighted by Crippen LogP contribution is -1.97. The van der Waals surface area contributed by atoms with Crippen LogP contribution in [0.3, 0.4) is 0 Å². The normalized spacial score (nSPS) is 11.9. The van der Waals surface area contributed by atoms with Crippen LogP contribution in [0.5, 0.6) is 0 Å². The third kappa shape index (κ3) is 4.53. The third-order valence-electron chi connectivity index (χ3n) is 11.4. The Morgan fingerprint density at radius 1 is 0.321 bits per heavy atom. The number of nitrogens with zero attached hydrogens (tertiary/aromatic N) is 4. The highest BCUT2D eigenvalue weighted by Crippen LogP contribution is 2.45. The Morgan fingerprint density at radius 2 is 0.857 bits per heavy atom. The second kappa shape index (κ2) is 12.0. The van der Waals surface area contributed by atoms with Gasteiger partial charge in [0, 0.05) is 60.3 Å². The van der Waals surface area contributed by atoms with Gasteiger partial charge >= 0.3 is 0 Å². The van der Waals surface area contributed by atoms with Crippen LogP contribution in [0.15, 0.2) is 194 Å². The van der Waals surface area contributed by atoms with Crippen molar-refractivity contribution >= 4 is 59.9 Å². The minimum atomic E-state index is 0.701. The summed E-state index contributed by atoms with van der Waals surface area (Å²) in [4.78, 5) is 10.4. The van der Waals surface area contributed by atoms with Crippen LogP contribution in [0.25, 0.3) is 111 Å². The van der Waals surface area contributed by atoms with Crippen LogP contribution in [0.4, 0.5) is 0 Å². The number of hydrogen-bond acceptors (Lipinski definition) is 2. The number of aromatic nitrogens is 4. The largest absolute Gasteiger partial charge is 0.309 e. The maximum absolute atomic E-state index is 5.19. The van der Waals surface area contributed by atoms with Crippen molar-refractivity contribution in [1.29, 1.82) is 0 Å². The van der Waals surface area contributed by atoms with Gasteiger partial charge < -0.3 is 8.97 Å². The molecule has 0 amide bonds. The fraction of sp³-hybridized carbons (Fsp3) is 0. The molecule has 0 radical (unpaired) electrons. The Labute approximate surface area is 322 Å². The van der Waals surface area contributed by atoms with Crippen LogP contribution in [0, 0.1) is 0 Å². The first kappa shape index (κ1) is 30.9. The van der Waals surface area contributed by atoms with Crippen LogP contribution in [0.2, 0.25) is 0 Å². The Morgan fingerprint density at radius 3 is 1.48 bits per heavy atom. The van der Waals surface area contributed by atoms with E-state index in [-0.39, 0.29) is 0 Å². The van der Waals surface area contributed by atoms with Crippen molar-refractivity contribution in [2.24, 2.45) is 0 Å². The minimum Gasteiger partial charge on any atom is -0.309 e. The van der Waals surface area contributed by atoms with E-state index in [1.165, 1.54) is 60.1 Å². The molecule has 0 N–H and O–H groups in total. The average Bonchev–Trinajstić information content (AvgIpc) is 3.92. The van der Waals surface area contributed by atoms with Crippen LogP contribution < -0.4 is 0 Å². The van der Waals surface area contributed by atoms with Crippen LogP contribution in [-0.2, 0) is 0 Å². The molecule has 0 bridgehead atoms. The molecule has 4 nitrogen and oxygen atoms in total. The zero-order valence-electron chi connectivity index (χ0n) is 30.3. The van der Waals surface area contributed by atoms with Gasteiger partial charge in [0.25, 0.3) is 0 Å². The molecule has 0 spiro atoms. The highest BCUT2D eigenvalue weighted by molar-refractivity contribution is 6.25. The van der Waals surface area contributed by atoms with Gasteiger partial charge in [-0.15, -0.1) is 0 Å². The molecule has 0 atom stereocenters. The van der Waals surface area contributed by atoms with E-state index in [0.29, 0.717) is 5.82 Å². The van der Waals surface area contributed by atoms with E-state index in [9.17, 15) is 0 Å². The summed E-state index contributed by atoms with van der Waals surface area (Å²) in [5.74, 6) is 0.701. The second-order valence-corrected chi connectivity index (χ2v) is 14.6. The quantitative estimate of drug-likeness (QED) is 0.178. The van der Waals surface area contributed by atoms with Gasteiger partial charge in [-0.25, -0.2) is 9.97 Å². The molecule has 0 aliphatic rings. The molecule has 0 saturated heterocycles. The van der Waals surface area contributed by atoms with Crippen molar-refractivity contribution in [2.45, 2.75) is 0 Å². The fourth-order valence-electron chi connectivity index (χ4n) is 8.98. The van der Waals surface area contributed by atoms with Crippen molar-refractivity contribution < 1.29 is 0 Å². The zero-order valence-corrected chi connectivity index (χ0v) is 30.3. The summed E-state index contributed by atoms with van der Waals surface area (Å²) in [5, 5.41) is 7.43. The number of rotatable bonds is 5.